The Bertz CT molecular complexity index is 1130. The molecule has 1 saturated heterocycles. The first-order valence-corrected chi connectivity index (χ1v) is 12.7. The van der Waals surface area contributed by atoms with Crippen LogP contribution in [-0.4, -0.2) is 54.3 Å². The predicted octanol–water partition coefficient (Wildman–Crippen LogP) is 3.52. The van der Waals surface area contributed by atoms with Crippen LogP contribution >= 0.6 is 0 Å². The molecule has 1 unspecified atom stereocenters. The monoisotopic (exact) mass is 468 g/mol. The molecule has 2 aliphatic rings. The maximum atomic E-state index is 13.4. The topological polar surface area (TPSA) is 58.4 Å². The van der Waals surface area contributed by atoms with Crippen LogP contribution in [0, 0.1) is 0 Å². The zero-order valence-corrected chi connectivity index (χ0v) is 19.0. The summed E-state index contributed by atoms with van der Waals surface area (Å²) in [4.78, 5) is 15.0. The van der Waals surface area contributed by atoms with Crippen LogP contribution in [-0.2, 0) is 35.5 Å². The Balaban J connectivity index is 1.52. The van der Waals surface area contributed by atoms with Crippen LogP contribution in [0.4, 0.5) is 13.2 Å². The van der Waals surface area contributed by atoms with Crippen molar-refractivity contribution < 1.29 is 22.2 Å². The van der Waals surface area contributed by atoms with Gasteiger partial charge in [-0.1, -0.05) is 18.2 Å². The molecular formula is C22H27F3N4O2S. The van der Waals surface area contributed by atoms with Crippen LogP contribution in [0.5, 0.6) is 0 Å². The maximum Gasteiger partial charge on any atom is 0.416 e. The van der Waals surface area contributed by atoms with E-state index in [0.717, 1.165) is 17.3 Å². The zero-order valence-electron chi connectivity index (χ0n) is 18.2. The minimum atomic E-state index is -4.39. The number of aryl methyl sites for hydroxylation is 1. The number of carbonyl (C=O) groups excluding carboxylic acids is 1. The average molecular weight is 469 g/mol. The maximum absolute atomic E-state index is 13.4. The largest absolute Gasteiger partial charge is 0.416 e. The summed E-state index contributed by atoms with van der Waals surface area (Å²) in [6.07, 6.45) is -1.89. The second kappa shape index (κ2) is 8.22. The number of alkyl halides is 3. The van der Waals surface area contributed by atoms with Crippen LogP contribution in [0.1, 0.15) is 58.6 Å². The summed E-state index contributed by atoms with van der Waals surface area (Å²) in [5.74, 6) is 3.28. The Hall–Kier alpha value is -2.33. The van der Waals surface area contributed by atoms with Crippen molar-refractivity contribution >= 4 is 21.5 Å². The van der Waals surface area contributed by atoms with Crippen LogP contribution in [0.25, 0.3) is 0 Å². The van der Waals surface area contributed by atoms with E-state index in [1.165, 1.54) is 12.1 Å². The number of amides is 1. The Labute approximate surface area is 186 Å². The molecule has 0 spiro atoms. The van der Waals surface area contributed by atoms with Crippen LogP contribution in [0.2, 0.25) is 0 Å². The highest BCUT2D eigenvalue weighted by Gasteiger charge is 2.38. The molecule has 1 atom stereocenters. The normalized spacial score (nSPS) is 19.7. The number of carbonyl (C=O) groups is 1. The lowest BCUT2D eigenvalue weighted by atomic mass is 9.86. The molecule has 174 valence electrons. The van der Waals surface area contributed by atoms with E-state index >= 15 is 0 Å². The number of hydrogen-bond donors (Lipinski definition) is 0. The van der Waals surface area contributed by atoms with Crippen molar-refractivity contribution in [1.29, 1.82) is 0 Å². The number of likely N-dealkylation sites (tertiary alicyclic amines) is 1. The van der Waals surface area contributed by atoms with Gasteiger partial charge in [0.2, 0.25) is 0 Å². The summed E-state index contributed by atoms with van der Waals surface area (Å²) in [5, 5.41) is 4.50. The Kier molecular flexibility index (Phi) is 5.87. The molecule has 4 rings (SSSR count). The van der Waals surface area contributed by atoms with Crippen molar-refractivity contribution in [2.75, 3.05) is 19.3 Å². The van der Waals surface area contributed by atoms with E-state index in [0.29, 0.717) is 56.8 Å². The molecule has 2 aromatic rings. The van der Waals surface area contributed by atoms with Gasteiger partial charge in [-0.05, 0) is 43.2 Å². The highest BCUT2D eigenvalue weighted by atomic mass is 32.2. The van der Waals surface area contributed by atoms with Gasteiger partial charge in [0, 0.05) is 47.7 Å². The summed E-state index contributed by atoms with van der Waals surface area (Å²) in [6.45, 7) is 4.03. The van der Waals surface area contributed by atoms with Crippen LogP contribution in [0.3, 0.4) is 0 Å². The standard InChI is InChI=1S/C22H27F3N4O2S/c1-4-29-19-14-28(32(2,3)31)13-17(19)20(26-29)21(30)27-11-9-15(10-12-27)16-7-5-6-8-18(16)22(23,24)25/h5-8,15H,2,4,9-14H2,1,3H3. The lowest BCUT2D eigenvalue weighted by molar-refractivity contribution is -0.138. The van der Waals surface area contributed by atoms with E-state index in [2.05, 4.69) is 11.0 Å². The fraction of sp³-hybridized carbons (Fsp3) is 0.500. The zero-order chi connectivity index (χ0) is 23.3. The van der Waals surface area contributed by atoms with Gasteiger partial charge in [0.15, 0.2) is 5.69 Å². The molecule has 0 N–H and O–H groups in total. The predicted molar refractivity (Wildman–Crippen MR) is 118 cm³/mol. The molecule has 1 fully saturated rings. The van der Waals surface area contributed by atoms with Gasteiger partial charge in [-0.25, -0.2) is 4.31 Å². The van der Waals surface area contributed by atoms with Crippen molar-refractivity contribution in [3.8, 4) is 0 Å². The van der Waals surface area contributed by atoms with Crippen molar-refractivity contribution in [3.63, 3.8) is 0 Å². The molecule has 1 aromatic heterocycles. The fourth-order valence-electron chi connectivity index (χ4n) is 4.64. The Morgan fingerprint density at radius 2 is 1.88 bits per heavy atom. The van der Waals surface area contributed by atoms with E-state index in [1.807, 2.05) is 6.92 Å². The molecule has 2 aliphatic heterocycles. The highest BCUT2D eigenvalue weighted by Crippen LogP contribution is 2.39. The summed E-state index contributed by atoms with van der Waals surface area (Å²) in [5.41, 5.74) is 1.71. The summed E-state index contributed by atoms with van der Waals surface area (Å²) >= 11 is 0. The third kappa shape index (κ3) is 4.17. The average Bonchev–Trinajstić information content (AvgIpc) is 3.32. The summed E-state index contributed by atoms with van der Waals surface area (Å²) < 4.78 is 56.1. The lowest BCUT2D eigenvalue weighted by Crippen LogP contribution is -2.39. The van der Waals surface area contributed by atoms with E-state index in [4.69, 9.17) is 0 Å². The Morgan fingerprint density at radius 3 is 2.47 bits per heavy atom. The molecule has 0 radical (unpaired) electrons. The SMILES string of the molecule is C=S(C)(=O)N1Cc2c(C(=O)N3CCC(c4ccccc4C(F)(F)F)CC3)nn(CC)c2C1. The lowest BCUT2D eigenvalue weighted by Gasteiger charge is -2.33. The van der Waals surface area contributed by atoms with Gasteiger partial charge in [-0.15, -0.1) is 0 Å². The first-order valence-electron chi connectivity index (χ1n) is 10.6. The Morgan fingerprint density at radius 1 is 1.22 bits per heavy atom. The minimum Gasteiger partial charge on any atom is -0.337 e. The van der Waals surface area contributed by atoms with Gasteiger partial charge in [-0.2, -0.15) is 18.3 Å². The van der Waals surface area contributed by atoms with Gasteiger partial charge in [0.05, 0.1) is 17.8 Å². The summed E-state index contributed by atoms with van der Waals surface area (Å²) in [7, 11) is -2.41. The molecule has 6 nitrogen and oxygen atoms in total. The quantitative estimate of drug-likeness (QED) is 0.646. The minimum absolute atomic E-state index is 0.218. The van der Waals surface area contributed by atoms with Crippen LogP contribution in [0.15, 0.2) is 24.3 Å². The van der Waals surface area contributed by atoms with Crippen molar-refractivity contribution in [2.24, 2.45) is 0 Å². The molecule has 1 aromatic carbocycles. The van der Waals surface area contributed by atoms with Gasteiger partial charge in [0.25, 0.3) is 5.91 Å². The van der Waals surface area contributed by atoms with E-state index in [-0.39, 0.29) is 11.8 Å². The van der Waals surface area contributed by atoms with Crippen molar-refractivity contribution in [3.05, 3.63) is 52.3 Å². The number of rotatable bonds is 4. The number of aromatic nitrogens is 2. The second-order valence-corrected chi connectivity index (χ2v) is 10.9. The molecular weight excluding hydrogens is 441 g/mol. The first kappa shape index (κ1) is 22.8. The summed E-state index contributed by atoms with van der Waals surface area (Å²) in [6, 6.07) is 5.69. The van der Waals surface area contributed by atoms with Crippen molar-refractivity contribution in [2.45, 2.75) is 51.5 Å². The third-order valence-electron chi connectivity index (χ3n) is 6.36. The molecule has 32 heavy (non-hydrogen) atoms. The molecule has 10 heteroatoms. The number of halogens is 3. The molecule has 3 heterocycles. The third-order valence-corrected chi connectivity index (χ3v) is 7.71. The number of hydrogen-bond acceptors (Lipinski definition) is 3. The van der Waals surface area contributed by atoms with E-state index in [9.17, 15) is 22.2 Å². The molecule has 0 saturated carbocycles. The number of benzene rings is 1. The molecule has 0 bridgehead atoms. The fourth-order valence-corrected chi connectivity index (χ4v) is 5.43. The molecule has 1 amide bonds. The van der Waals surface area contributed by atoms with Gasteiger partial charge >= 0.3 is 6.18 Å². The van der Waals surface area contributed by atoms with Gasteiger partial charge in [-0.3, -0.25) is 13.7 Å². The number of piperidine rings is 1. The van der Waals surface area contributed by atoms with Crippen LogP contribution < -0.4 is 0 Å². The number of fused-ring (bicyclic) bond motifs is 1. The van der Waals surface area contributed by atoms with Crippen molar-refractivity contribution in [1.82, 2.24) is 19.0 Å². The van der Waals surface area contributed by atoms with E-state index in [1.54, 1.807) is 26.2 Å². The van der Waals surface area contributed by atoms with Gasteiger partial charge in [0.1, 0.15) is 0 Å². The second-order valence-electron chi connectivity index (χ2n) is 8.50. The van der Waals surface area contributed by atoms with E-state index < -0.39 is 21.4 Å². The molecule has 0 aliphatic carbocycles. The highest BCUT2D eigenvalue weighted by molar-refractivity contribution is 7.97. The first-order chi connectivity index (χ1) is 15.0. The van der Waals surface area contributed by atoms with Gasteiger partial charge < -0.3 is 4.90 Å². The smallest absolute Gasteiger partial charge is 0.337 e. The number of nitrogens with zero attached hydrogens (tertiary/aromatic N) is 4.